The van der Waals surface area contributed by atoms with Crippen molar-refractivity contribution in [2.24, 2.45) is 11.7 Å². The number of nitrogens with two attached hydrogens (primary N) is 1. The minimum atomic E-state index is -0.971. The highest BCUT2D eigenvalue weighted by atomic mass is 32.2. The Morgan fingerprint density at radius 1 is 1.03 bits per heavy atom. The van der Waals surface area contributed by atoms with Gasteiger partial charge in [0.1, 0.15) is 0 Å². The van der Waals surface area contributed by atoms with Gasteiger partial charge in [0, 0.05) is 12.2 Å². The zero-order valence-corrected chi connectivity index (χ0v) is 19.8. The minimum absolute atomic E-state index is 0.0503. The highest BCUT2D eigenvalue weighted by molar-refractivity contribution is 7.97. The molecule has 0 radical (unpaired) electrons. The lowest BCUT2D eigenvalue weighted by atomic mass is 9.89. The number of aliphatic carboxylic acids is 1. The molecule has 0 aromatic carbocycles. The van der Waals surface area contributed by atoms with Gasteiger partial charge in [-0.25, -0.2) is 0 Å². The molecule has 1 amide bonds. The average Bonchev–Trinajstić information content (AvgIpc) is 2.74. The van der Waals surface area contributed by atoms with Crippen LogP contribution < -0.4 is 10.5 Å². The summed E-state index contributed by atoms with van der Waals surface area (Å²) in [5.41, 5.74) is 5.94. The summed E-state index contributed by atoms with van der Waals surface area (Å²) in [6.45, 7) is 2.22. The van der Waals surface area contributed by atoms with Crippen molar-refractivity contribution >= 4 is 30.1 Å². The van der Waals surface area contributed by atoms with Crippen molar-refractivity contribution in [3.05, 3.63) is 12.2 Å². The first-order valence-corrected chi connectivity index (χ1v) is 12.6. The molecule has 180 valence electrons. The van der Waals surface area contributed by atoms with Crippen molar-refractivity contribution in [3.8, 4) is 0 Å². The third-order valence-corrected chi connectivity index (χ3v) is 6.00. The van der Waals surface area contributed by atoms with Gasteiger partial charge in [0.15, 0.2) is 5.78 Å². The number of amides is 1. The summed E-state index contributed by atoms with van der Waals surface area (Å²) in [4.78, 5) is 33.8. The standard InChI is InChI=1S/C23H42N2O5S/c1-2-3-4-5-6-7-8-9-10-11-12-14-19(21(27)15-13-16-22(28)29)23(30)20(24)17-31-25-18-26/h12,14,18-21,27H,2-11,13,15-17,24H2,1H3,(H,25,26)(H,28,29)/b14-12-/t19?,20-,21?/m1/s1. The topological polar surface area (TPSA) is 130 Å². The summed E-state index contributed by atoms with van der Waals surface area (Å²) in [6, 6.07) is -0.825. The Balaban J connectivity index is 4.46. The van der Waals surface area contributed by atoms with E-state index in [2.05, 4.69) is 11.6 Å². The van der Waals surface area contributed by atoms with Gasteiger partial charge in [-0.1, -0.05) is 70.4 Å². The number of carboxylic acid groups (broad SMARTS) is 1. The van der Waals surface area contributed by atoms with E-state index in [0.717, 1.165) is 31.2 Å². The number of carbonyl (C=O) groups excluding carboxylic acids is 2. The molecule has 3 atom stereocenters. The van der Waals surface area contributed by atoms with Gasteiger partial charge in [0.25, 0.3) is 0 Å². The number of Topliss-reactive ketones (excluding diaryl/α,β-unsaturated/α-hetero) is 1. The van der Waals surface area contributed by atoms with Crippen molar-refractivity contribution < 1.29 is 24.6 Å². The number of carboxylic acids is 1. The highest BCUT2D eigenvalue weighted by Gasteiger charge is 2.28. The lowest BCUT2D eigenvalue weighted by Gasteiger charge is -2.22. The number of carbonyl (C=O) groups is 3. The highest BCUT2D eigenvalue weighted by Crippen LogP contribution is 2.18. The quantitative estimate of drug-likeness (QED) is 0.0835. The molecule has 5 N–H and O–H groups in total. The summed E-state index contributed by atoms with van der Waals surface area (Å²) in [5, 5.41) is 19.3. The van der Waals surface area contributed by atoms with Crippen LogP contribution in [0.5, 0.6) is 0 Å². The van der Waals surface area contributed by atoms with Gasteiger partial charge in [-0.05, 0) is 37.6 Å². The molecular weight excluding hydrogens is 416 g/mol. The lowest BCUT2D eigenvalue weighted by molar-refractivity contribution is -0.137. The van der Waals surface area contributed by atoms with E-state index in [4.69, 9.17) is 10.8 Å². The molecule has 8 heteroatoms. The van der Waals surface area contributed by atoms with Crippen LogP contribution >= 0.6 is 11.9 Å². The Morgan fingerprint density at radius 3 is 2.23 bits per heavy atom. The third-order valence-electron chi connectivity index (χ3n) is 5.21. The minimum Gasteiger partial charge on any atom is -0.481 e. The van der Waals surface area contributed by atoms with E-state index in [-0.39, 0.29) is 24.4 Å². The molecule has 0 saturated carbocycles. The van der Waals surface area contributed by atoms with E-state index < -0.39 is 24.0 Å². The first-order chi connectivity index (χ1) is 14.9. The third kappa shape index (κ3) is 16.9. The summed E-state index contributed by atoms with van der Waals surface area (Å²) < 4.78 is 2.40. The maximum absolute atomic E-state index is 12.7. The maximum Gasteiger partial charge on any atom is 0.303 e. The van der Waals surface area contributed by atoms with Gasteiger partial charge >= 0.3 is 5.97 Å². The fraction of sp³-hybridized carbons (Fsp3) is 0.783. The number of nitrogens with one attached hydrogen (secondary N) is 1. The summed E-state index contributed by atoms with van der Waals surface area (Å²) in [6.07, 6.45) is 15.7. The van der Waals surface area contributed by atoms with E-state index in [9.17, 15) is 19.5 Å². The van der Waals surface area contributed by atoms with Crippen LogP contribution in [0.25, 0.3) is 0 Å². The largest absolute Gasteiger partial charge is 0.481 e. The zero-order chi connectivity index (χ0) is 23.3. The van der Waals surface area contributed by atoms with E-state index in [1.54, 1.807) is 6.08 Å². The van der Waals surface area contributed by atoms with E-state index in [1.807, 2.05) is 6.08 Å². The summed E-state index contributed by atoms with van der Waals surface area (Å²) in [7, 11) is 0. The molecule has 0 aromatic heterocycles. The van der Waals surface area contributed by atoms with Gasteiger partial charge in [0.2, 0.25) is 6.41 Å². The zero-order valence-electron chi connectivity index (χ0n) is 19.0. The van der Waals surface area contributed by atoms with Gasteiger partial charge in [-0.15, -0.1) is 0 Å². The van der Waals surface area contributed by atoms with E-state index in [1.165, 1.54) is 44.9 Å². The molecule has 31 heavy (non-hydrogen) atoms. The van der Waals surface area contributed by atoms with Crippen molar-refractivity contribution in [1.82, 2.24) is 4.72 Å². The fourth-order valence-corrected chi connectivity index (χ4v) is 3.88. The lowest BCUT2D eigenvalue weighted by Crippen LogP contribution is -2.41. The average molecular weight is 459 g/mol. The number of hydrogen-bond acceptors (Lipinski definition) is 6. The molecule has 0 saturated heterocycles. The van der Waals surface area contributed by atoms with Gasteiger partial charge < -0.3 is 20.7 Å². The predicted octanol–water partition coefficient (Wildman–Crippen LogP) is 3.99. The van der Waals surface area contributed by atoms with Gasteiger partial charge in [0.05, 0.1) is 18.1 Å². The number of ketones is 1. The van der Waals surface area contributed by atoms with Crippen LogP contribution in [0.3, 0.4) is 0 Å². The number of rotatable bonds is 22. The van der Waals surface area contributed by atoms with Crippen LogP contribution in [-0.4, -0.2) is 46.3 Å². The number of allylic oxidation sites excluding steroid dienone is 1. The second kappa shape index (κ2) is 20.5. The van der Waals surface area contributed by atoms with Crippen LogP contribution in [0.4, 0.5) is 0 Å². The van der Waals surface area contributed by atoms with Gasteiger partial charge in [-0.2, -0.15) is 0 Å². The molecular formula is C23H42N2O5S. The van der Waals surface area contributed by atoms with Crippen LogP contribution in [0.1, 0.15) is 90.4 Å². The molecule has 0 aromatic rings. The smallest absolute Gasteiger partial charge is 0.303 e. The predicted molar refractivity (Wildman–Crippen MR) is 127 cm³/mol. The molecule has 0 spiro atoms. The molecule has 0 aliphatic heterocycles. The summed E-state index contributed by atoms with van der Waals surface area (Å²) in [5.74, 6) is -1.78. The normalized spacial score (nSPS) is 14.3. The first-order valence-electron chi connectivity index (χ1n) is 11.6. The van der Waals surface area contributed by atoms with Crippen molar-refractivity contribution in [3.63, 3.8) is 0 Å². The molecule has 2 unspecified atom stereocenters. The second-order valence-electron chi connectivity index (χ2n) is 7.98. The van der Waals surface area contributed by atoms with Crippen LogP contribution in [0, 0.1) is 5.92 Å². The van der Waals surface area contributed by atoms with Crippen molar-refractivity contribution in [2.45, 2.75) is 103 Å². The molecule has 0 aliphatic rings. The molecule has 7 nitrogen and oxygen atoms in total. The van der Waals surface area contributed by atoms with E-state index in [0.29, 0.717) is 12.8 Å². The molecule has 0 fully saturated rings. The second-order valence-corrected chi connectivity index (χ2v) is 8.84. The van der Waals surface area contributed by atoms with Crippen LogP contribution in [-0.2, 0) is 14.4 Å². The van der Waals surface area contributed by atoms with Crippen LogP contribution in [0.2, 0.25) is 0 Å². The molecule has 0 heterocycles. The van der Waals surface area contributed by atoms with E-state index >= 15 is 0 Å². The number of aliphatic hydroxyl groups is 1. The Bertz CT molecular complexity index is 516. The SMILES string of the molecule is CCCCCCCCCCC/C=C\C(C(=O)[C@H](N)CSNC=O)C(O)CCCC(=O)O. The Morgan fingerprint density at radius 2 is 1.65 bits per heavy atom. The number of hydrogen-bond donors (Lipinski definition) is 4. The van der Waals surface area contributed by atoms with Crippen LogP contribution in [0.15, 0.2) is 12.2 Å². The number of unbranched alkanes of at least 4 members (excludes halogenated alkanes) is 9. The van der Waals surface area contributed by atoms with Gasteiger partial charge in [-0.3, -0.25) is 14.4 Å². The maximum atomic E-state index is 12.7. The summed E-state index contributed by atoms with van der Waals surface area (Å²) >= 11 is 1.04. The Kier molecular flexibility index (Phi) is 19.6. The molecule has 0 rings (SSSR count). The molecule has 0 aliphatic carbocycles. The number of aliphatic hydroxyl groups excluding tert-OH is 1. The van der Waals surface area contributed by atoms with Crippen molar-refractivity contribution in [1.29, 1.82) is 0 Å². The monoisotopic (exact) mass is 458 g/mol. The Hall–Kier alpha value is -1.38. The molecule has 0 bridgehead atoms. The van der Waals surface area contributed by atoms with Crippen molar-refractivity contribution in [2.75, 3.05) is 5.75 Å². The first kappa shape index (κ1) is 29.6. The Labute approximate surface area is 191 Å². The fourth-order valence-electron chi connectivity index (χ4n) is 3.37.